The highest BCUT2D eigenvalue weighted by molar-refractivity contribution is 5.69. The van der Waals surface area contributed by atoms with Crippen molar-refractivity contribution in [2.45, 2.75) is 76.7 Å². The summed E-state index contributed by atoms with van der Waals surface area (Å²) in [5.74, 6) is -0.310. The Kier molecular flexibility index (Phi) is 12.6. The molecule has 21 heavy (non-hydrogen) atoms. The van der Waals surface area contributed by atoms with Gasteiger partial charge in [-0.2, -0.15) is 0 Å². The third-order valence-corrected chi connectivity index (χ3v) is 3.63. The molecule has 126 valence electrons. The molecule has 0 aliphatic carbocycles. The minimum Gasteiger partial charge on any atom is -0.464 e. The smallest absolute Gasteiger partial charge is 0.305 e. The molecule has 0 heterocycles. The van der Waals surface area contributed by atoms with E-state index in [4.69, 9.17) is 20.7 Å². The van der Waals surface area contributed by atoms with E-state index in [-0.39, 0.29) is 12.6 Å². The molecule has 0 unspecified atom stereocenters. The van der Waals surface area contributed by atoms with Gasteiger partial charge in [0.05, 0.1) is 18.8 Å². The van der Waals surface area contributed by atoms with Crippen LogP contribution in [0.4, 0.5) is 0 Å². The van der Waals surface area contributed by atoms with Gasteiger partial charge in [0, 0.05) is 6.42 Å². The summed E-state index contributed by atoms with van der Waals surface area (Å²) in [6.07, 6.45) is 11.2. The summed E-state index contributed by atoms with van der Waals surface area (Å²) in [4.78, 5) is 11.5. The lowest BCUT2D eigenvalue weighted by Gasteiger charge is -2.23. The lowest BCUT2D eigenvalue weighted by atomic mass is 10.1. The van der Waals surface area contributed by atoms with E-state index >= 15 is 0 Å². The van der Waals surface area contributed by atoms with Crippen molar-refractivity contribution in [2.75, 3.05) is 19.8 Å². The van der Waals surface area contributed by atoms with E-state index in [9.17, 15) is 4.79 Å². The van der Waals surface area contributed by atoms with Crippen LogP contribution in [0.15, 0.2) is 0 Å². The first kappa shape index (κ1) is 20.3. The second-order valence-electron chi connectivity index (χ2n) is 5.92. The molecule has 0 saturated carbocycles. The number of hydrogen-bond acceptors (Lipinski definition) is 5. The normalized spacial score (nSPS) is 11.6. The highest BCUT2D eigenvalue weighted by atomic mass is 16.5. The van der Waals surface area contributed by atoms with Crippen LogP contribution in [0.3, 0.4) is 0 Å². The molecule has 0 aliphatic rings. The zero-order valence-corrected chi connectivity index (χ0v) is 13.5. The monoisotopic (exact) mass is 303 g/mol. The van der Waals surface area contributed by atoms with Crippen molar-refractivity contribution in [1.29, 1.82) is 0 Å². The molecule has 0 radical (unpaired) electrons. The number of esters is 1. The van der Waals surface area contributed by atoms with Crippen LogP contribution in [0.5, 0.6) is 0 Å². The fourth-order valence-electron chi connectivity index (χ4n) is 2.02. The average Bonchev–Trinajstić information content (AvgIpc) is 2.51. The van der Waals surface area contributed by atoms with Crippen molar-refractivity contribution in [3.05, 3.63) is 0 Å². The fourth-order valence-corrected chi connectivity index (χ4v) is 2.02. The van der Waals surface area contributed by atoms with E-state index in [1.54, 1.807) is 0 Å². The molecule has 0 atom stereocenters. The van der Waals surface area contributed by atoms with Gasteiger partial charge >= 0.3 is 5.97 Å². The van der Waals surface area contributed by atoms with E-state index in [1.807, 2.05) is 0 Å². The Balaban J connectivity index is 3.42. The Bertz CT molecular complexity index is 255. The largest absolute Gasteiger partial charge is 0.464 e. The van der Waals surface area contributed by atoms with Gasteiger partial charge in [-0.15, -0.1) is 0 Å². The van der Waals surface area contributed by atoms with Crippen LogP contribution in [0.1, 0.15) is 71.1 Å². The molecule has 0 bridgehead atoms. The Morgan fingerprint density at radius 2 is 1.43 bits per heavy atom. The maximum atomic E-state index is 11.5. The maximum Gasteiger partial charge on any atom is 0.305 e. The minimum absolute atomic E-state index is 0.143. The van der Waals surface area contributed by atoms with Crippen LogP contribution in [0.25, 0.3) is 0 Å². The molecule has 4 N–H and O–H groups in total. The molecule has 5 nitrogen and oxygen atoms in total. The average molecular weight is 303 g/mol. The molecule has 0 aromatic heterocycles. The summed E-state index contributed by atoms with van der Waals surface area (Å²) in [5.41, 5.74) is 4.38. The van der Waals surface area contributed by atoms with Gasteiger partial charge in [-0.25, -0.2) is 0 Å². The zero-order chi connectivity index (χ0) is 16.0. The molecule has 0 saturated heterocycles. The lowest BCUT2D eigenvalue weighted by molar-refractivity contribution is -0.146. The lowest BCUT2D eigenvalue weighted by Crippen LogP contribution is -2.51. The summed E-state index contributed by atoms with van der Waals surface area (Å²) in [7, 11) is 0. The molecule has 0 aromatic rings. The van der Waals surface area contributed by atoms with E-state index in [0.29, 0.717) is 6.42 Å². The minimum atomic E-state index is -1.23. The van der Waals surface area contributed by atoms with Crippen molar-refractivity contribution in [3.63, 3.8) is 0 Å². The van der Waals surface area contributed by atoms with Gasteiger partial charge in [-0.3, -0.25) is 4.79 Å². The molecule has 0 rings (SSSR count). The van der Waals surface area contributed by atoms with E-state index in [0.717, 1.165) is 19.3 Å². The zero-order valence-electron chi connectivity index (χ0n) is 13.5. The molecular weight excluding hydrogens is 270 g/mol. The summed E-state index contributed by atoms with van der Waals surface area (Å²) < 4.78 is 4.98. The van der Waals surface area contributed by atoms with Crippen molar-refractivity contribution in [1.82, 2.24) is 0 Å². The predicted molar refractivity (Wildman–Crippen MR) is 83.9 cm³/mol. The van der Waals surface area contributed by atoms with Gasteiger partial charge in [-0.05, 0) is 6.42 Å². The van der Waals surface area contributed by atoms with E-state index < -0.39 is 18.8 Å². The van der Waals surface area contributed by atoms with Crippen LogP contribution >= 0.6 is 0 Å². The summed E-state index contributed by atoms with van der Waals surface area (Å²) in [6, 6.07) is 0. The molecule has 5 heteroatoms. The van der Waals surface area contributed by atoms with Crippen LogP contribution in [-0.4, -0.2) is 41.5 Å². The van der Waals surface area contributed by atoms with Gasteiger partial charge in [0.1, 0.15) is 6.61 Å². The van der Waals surface area contributed by atoms with Gasteiger partial charge in [-0.1, -0.05) is 58.3 Å². The van der Waals surface area contributed by atoms with Crippen molar-refractivity contribution in [3.8, 4) is 0 Å². The Morgan fingerprint density at radius 1 is 0.952 bits per heavy atom. The Labute approximate surface area is 128 Å². The summed E-state index contributed by atoms with van der Waals surface area (Å²) in [6.45, 7) is 1.26. The number of aliphatic hydroxyl groups excluding tert-OH is 2. The van der Waals surface area contributed by atoms with Gasteiger partial charge < -0.3 is 20.7 Å². The van der Waals surface area contributed by atoms with Gasteiger partial charge in [0.2, 0.25) is 0 Å². The SMILES string of the molecule is CCCCCCCCCCCC(=O)OCC(N)(CO)CO. The highest BCUT2D eigenvalue weighted by Gasteiger charge is 2.25. The second-order valence-corrected chi connectivity index (χ2v) is 5.92. The number of hydrogen-bond donors (Lipinski definition) is 3. The van der Waals surface area contributed by atoms with Crippen molar-refractivity contribution < 1.29 is 19.7 Å². The second kappa shape index (κ2) is 13.0. The molecule has 0 spiro atoms. The van der Waals surface area contributed by atoms with Crippen molar-refractivity contribution in [2.24, 2.45) is 5.73 Å². The molecular formula is C16H33NO4. The van der Waals surface area contributed by atoms with E-state index in [1.165, 1.54) is 38.5 Å². The van der Waals surface area contributed by atoms with Gasteiger partial charge in [0.25, 0.3) is 0 Å². The third-order valence-electron chi connectivity index (χ3n) is 3.63. The van der Waals surface area contributed by atoms with Crippen LogP contribution in [0, 0.1) is 0 Å². The van der Waals surface area contributed by atoms with Crippen molar-refractivity contribution >= 4 is 5.97 Å². The number of carbonyl (C=O) groups is 1. The number of unbranched alkanes of at least 4 members (excludes halogenated alkanes) is 8. The number of rotatable bonds is 14. The van der Waals surface area contributed by atoms with Crippen LogP contribution < -0.4 is 5.73 Å². The standard InChI is InChI=1S/C16H33NO4/c1-2-3-4-5-6-7-8-9-10-11-15(20)21-14-16(17,12-18)13-19/h18-19H,2-14,17H2,1H3. The third kappa shape index (κ3) is 11.7. The summed E-state index contributed by atoms with van der Waals surface area (Å²) >= 11 is 0. The number of carbonyl (C=O) groups excluding carboxylic acids is 1. The first-order chi connectivity index (χ1) is 10.1. The van der Waals surface area contributed by atoms with E-state index in [2.05, 4.69) is 6.92 Å². The Morgan fingerprint density at radius 3 is 1.90 bits per heavy atom. The number of ether oxygens (including phenoxy) is 1. The Hall–Kier alpha value is -0.650. The maximum absolute atomic E-state index is 11.5. The van der Waals surface area contributed by atoms with Crippen LogP contribution in [-0.2, 0) is 9.53 Å². The first-order valence-electron chi connectivity index (χ1n) is 8.24. The summed E-state index contributed by atoms with van der Waals surface area (Å²) in [5, 5.41) is 17.9. The molecule has 0 fully saturated rings. The molecule has 0 aliphatic heterocycles. The fraction of sp³-hybridized carbons (Fsp3) is 0.938. The van der Waals surface area contributed by atoms with Gasteiger partial charge in [0.15, 0.2) is 0 Å². The highest BCUT2D eigenvalue weighted by Crippen LogP contribution is 2.11. The van der Waals surface area contributed by atoms with Crippen LogP contribution in [0.2, 0.25) is 0 Å². The molecule has 0 aromatic carbocycles. The number of nitrogens with two attached hydrogens (primary N) is 1. The predicted octanol–water partition coefficient (Wildman–Crippen LogP) is 2.13. The topological polar surface area (TPSA) is 92.8 Å². The quantitative estimate of drug-likeness (QED) is 0.338. The number of aliphatic hydroxyl groups is 2. The molecule has 0 amide bonds. The first-order valence-corrected chi connectivity index (χ1v) is 8.24.